The van der Waals surface area contributed by atoms with E-state index in [-0.39, 0.29) is 23.5 Å². The number of hydrogen-bond donors (Lipinski definition) is 1. The van der Waals surface area contributed by atoms with Gasteiger partial charge in [-0.1, -0.05) is 19.9 Å². The molecule has 1 fully saturated rings. The molecule has 2 amide bonds. The van der Waals surface area contributed by atoms with E-state index < -0.39 is 5.92 Å². The minimum absolute atomic E-state index is 0.202. The van der Waals surface area contributed by atoms with Gasteiger partial charge in [0.1, 0.15) is 5.82 Å². The Balaban J connectivity index is 2.33. The van der Waals surface area contributed by atoms with Gasteiger partial charge in [-0.15, -0.1) is 0 Å². The summed E-state index contributed by atoms with van der Waals surface area (Å²) in [7, 11) is 0. The molecule has 3 nitrogen and oxygen atoms in total. The van der Waals surface area contributed by atoms with Crippen molar-refractivity contribution < 1.29 is 14.0 Å². The Kier molecular flexibility index (Phi) is 3.45. The molecule has 2 rings (SSSR count). The highest BCUT2D eigenvalue weighted by Gasteiger charge is 2.28. The van der Waals surface area contributed by atoms with E-state index in [2.05, 4.69) is 5.32 Å². The lowest BCUT2D eigenvalue weighted by Crippen LogP contribution is -2.39. The number of imide groups is 1. The van der Waals surface area contributed by atoms with E-state index in [1.54, 1.807) is 0 Å². The van der Waals surface area contributed by atoms with E-state index in [0.29, 0.717) is 18.4 Å². The maximum atomic E-state index is 13.5. The molecular formula is C14H16FNO2. The molecule has 0 saturated carbocycles. The Morgan fingerprint density at radius 1 is 1.28 bits per heavy atom. The molecule has 1 unspecified atom stereocenters. The molecule has 0 spiro atoms. The summed E-state index contributed by atoms with van der Waals surface area (Å²) >= 11 is 0. The van der Waals surface area contributed by atoms with Gasteiger partial charge in [0.2, 0.25) is 11.8 Å². The molecule has 0 aromatic heterocycles. The maximum absolute atomic E-state index is 13.5. The van der Waals surface area contributed by atoms with Crippen LogP contribution in [0.2, 0.25) is 0 Å². The average molecular weight is 249 g/mol. The fraction of sp³-hybridized carbons (Fsp3) is 0.429. The number of benzene rings is 1. The molecule has 1 aliphatic heterocycles. The van der Waals surface area contributed by atoms with Crippen molar-refractivity contribution >= 4 is 11.8 Å². The van der Waals surface area contributed by atoms with Crippen molar-refractivity contribution in [3.63, 3.8) is 0 Å². The number of carbonyl (C=O) groups is 2. The van der Waals surface area contributed by atoms with Gasteiger partial charge in [-0.05, 0) is 35.6 Å². The highest BCUT2D eigenvalue weighted by molar-refractivity contribution is 6.00. The van der Waals surface area contributed by atoms with Crippen LogP contribution in [0.15, 0.2) is 18.2 Å². The van der Waals surface area contributed by atoms with Crippen LogP contribution in [0.3, 0.4) is 0 Å². The van der Waals surface area contributed by atoms with Crippen LogP contribution in [0.5, 0.6) is 0 Å². The third-order valence-electron chi connectivity index (χ3n) is 3.25. The van der Waals surface area contributed by atoms with Crippen molar-refractivity contribution in [3.05, 3.63) is 35.1 Å². The second kappa shape index (κ2) is 4.88. The standard InChI is InChI=1S/C14H16FNO2/c1-8(2)9-5-10(7-11(15)6-9)12-3-4-13(17)16-14(12)18/h5-8,12H,3-4H2,1-2H3,(H,16,17,18). The average Bonchev–Trinajstić information content (AvgIpc) is 2.27. The van der Waals surface area contributed by atoms with Gasteiger partial charge in [0.05, 0.1) is 5.92 Å². The van der Waals surface area contributed by atoms with Gasteiger partial charge in [0, 0.05) is 6.42 Å². The van der Waals surface area contributed by atoms with Gasteiger partial charge < -0.3 is 0 Å². The fourth-order valence-electron chi connectivity index (χ4n) is 2.18. The van der Waals surface area contributed by atoms with Gasteiger partial charge in [-0.25, -0.2) is 4.39 Å². The predicted octanol–water partition coefficient (Wildman–Crippen LogP) is 2.47. The van der Waals surface area contributed by atoms with Crippen molar-refractivity contribution in [2.45, 2.75) is 38.5 Å². The van der Waals surface area contributed by atoms with Gasteiger partial charge in [0.25, 0.3) is 0 Å². The Morgan fingerprint density at radius 2 is 2.00 bits per heavy atom. The van der Waals surface area contributed by atoms with Gasteiger partial charge in [-0.2, -0.15) is 0 Å². The number of carbonyl (C=O) groups excluding carboxylic acids is 2. The second-order valence-electron chi connectivity index (χ2n) is 4.98. The first kappa shape index (κ1) is 12.7. The first-order valence-corrected chi connectivity index (χ1v) is 6.11. The summed E-state index contributed by atoms with van der Waals surface area (Å²) in [5, 5.41) is 2.30. The number of rotatable bonds is 2. The SMILES string of the molecule is CC(C)c1cc(F)cc(C2CCC(=O)NC2=O)c1. The van der Waals surface area contributed by atoms with Crippen LogP contribution in [0, 0.1) is 5.82 Å². The van der Waals surface area contributed by atoms with E-state index in [0.717, 1.165) is 5.56 Å². The smallest absolute Gasteiger partial charge is 0.234 e. The Morgan fingerprint density at radius 3 is 2.61 bits per heavy atom. The number of piperidine rings is 1. The zero-order valence-electron chi connectivity index (χ0n) is 10.5. The van der Waals surface area contributed by atoms with E-state index in [1.165, 1.54) is 12.1 Å². The van der Waals surface area contributed by atoms with Crippen LogP contribution >= 0.6 is 0 Å². The van der Waals surface area contributed by atoms with Gasteiger partial charge in [0.15, 0.2) is 0 Å². The summed E-state index contributed by atoms with van der Waals surface area (Å²) in [4.78, 5) is 22.8. The molecule has 1 aromatic rings. The van der Waals surface area contributed by atoms with Crippen LogP contribution in [0.25, 0.3) is 0 Å². The summed E-state index contributed by atoms with van der Waals surface area (Å²) in [5.74, 6) is -1.13. The zero-order chi connectivity index (χ0) is 13.3. The molecule has 1 heterocycles. The third-order valence-corrected chi connectivity index (χ3v) is 3.25. The summed E-state index contributed by atoms with van der Waals surface area (Å²) in [6.45, 7) is 3.95. The van der Waals surface area contributed by atoms with E-state index in [1.807, 2.05) is 19.9 Å². The monoisotopic (exact) mass is 249 g/mol. The lowest BCUT2D eigenvalue weighted by Gasteiger charge is -2.22. The molecule has 1 saturated heterocycles. The molecule has 1 atom stereocenters. The predicted molar refractivity (Wildman–Crippen MR) is 65.6 cm³/mol. The van der Waals surface area contributed by atoms with Crippen molar-refractivity contribution in [1.82, 2.24) is 5.32 Å². The fourth-order valence-corrected chi connectivity index (χ4v) is 2.18. The molecule has 0 bridgehead atoms. The molecule has 96 valence electrons. The summed E-state index contributed by atoms with van der Waals surface area (Å²) < 4.78 is 13.5. The molecule has 4 heteroatoms. The first-order chi connectivity index (χ1) is 8.47. The second-order valence-corrected chi connectivity index (χ2v) is 4.98. The minimum Gasteiger partial charge on any atom is -0.296 e. The Hall–Kier alpha value is -1.71. The maximum Gasteiger partial charge on any atom is 0.234 e. The molecule has 1 aliphatic rings. The Bertz CT molecular complexity index is 497. The van der Waals surface area contributed by atoms with Crippen LogP contribution < -0.4 is 5.32 Å². The van der Waals surface area contributed by atoms with E-state index in [9.17, 15) is 14.0 Å². The molecule has 1 N–H and O–H groups in total. The summed E-state index contributed by atoms with van der Waals surface area (Å²) in [5.41, 5.74) is 1.53. The number of nitrogens with one attached hydrogen (secondary N) is 1. The normalized spacial score (nSPS) is 20.1. The molecule has 0 radical (unpaired) electrons. The van der Waals surface area contributed by atoms with Gasteiger partial charge in [-0.3, -0.25) is 14.9 Å². The van der Waals surface area contributed by atoms with Crippen molar-refractivity contribution in [1.29, 1.82) is 0 Å². The van der Waals surface area contributed by atoms with Crippen molar-refractivity contribution in [3.8, 4) is 0 Å². The summed E-state index contributed by atoms with van der Waals surface area (Å²) in [6.07, 6.45) is 0.760. The largest absolute Gasteiger partial charge is 0.296 e. The van der Waals surface area contributed by atoms with Crippen molar-refractivity contribution in [2.24, 2.45) is 0 Å². The molecule has 1 aromatic carbocycles. The highest BCUT2D eigenvalue weighted by Crippen LogP contribution is 2.28. The quantitative estimate of drug-likeness (QED) is 0.818. The number of hydrogen-bond acceptors (Lipinski definition) is 2. The first-order valence-electron chi connectivity index (χ1n) is 6.11. The summed E-state index contributed by atoms with van der Waals surface area (Å²) in [6, 6.07) is 4.72. The van der Waals surface area contributed by atoms with Gasteiger partial charge >= 0.3 is 0 Å². The number of halogens is 1. The van der Waals surface area contributed by atoms with E-state index >= 15 is 0 Å². The minimum atomic E-state index is -0.420. The lowest BCUT2D eigenvalue weighted by atomic mass is 9.88. The third kappa shape index (κ3) is 2.58. The van der Waals surface area contributed by atoms with Crippen molar-refractivity contribution in [2.75, 3.05) is 0 Å². The van der Waals surface area contributed by atoms with Crippen LogP contribution in [-0.2, 0) is 9.59 Å². The highest BCUT2D eigenvalue weighted by atomic mass is 19.1. The number of amides is 2. The zero-order valence-corrected chi connectivity index (χ0v) is 10.5. The van der Waals surface area contributed by atoms with E-state index in [4.69, 9.17) is 0 Å². The molecule has 0 aliphatic carbocycles. The topological polar surface area (TPSA) is 46.2 Å². The van der Waals surface area contributed by atoms with Crippen LogP contribution in [0.1, 0.15) is 49.7 Å². The molecule has 18 heavy (non-hydrogen) atoms. The lowest BCUT2D eigenvalue weighted by molar-refractivity contribution is -0.134. The van der Waals surface area contributed by atoms with Crippen LogP contribution in [0.4, 0.5) is 4.39 Å². The Labute approximate surface area is 105 Å². The van der Waals surface area contributed by atoms with Crippen LogP contribution in [-0.4, -0.2) is 11.8 Å². The molecular weight excluding hydrogens is 233 g/mol.